The van der Waals surface area contributed by atoms with Gasteiger partial charge in [0.1, 0.15) is 22.7 Å². The molecule has 4 nitrogen and oxygen atoms in total. The van der Waals surface area contributed by atoms with Gasteiger partial charge < -0.3 is 18.3 Å². The first-order valence-corrected chi connectivity index (χ1v) is 20.0. The SMILES string of the molecule is Cc1ccc2c(c1)B1c3cc(C)ccc3Sc3cc(-n4c5ccccc5c5c6c(c7ccccc7n6-c6ccccc6)c6oc7ccccc7c6c54)cc(c31)O2. The summed E-state index contributed by atoms with van der Waals surface area (Å²) < 4.78 is 18.9. The van der Waals surface area contributed by atoms with Gasteiger partial charge in [0.2, 0.25) is 0 Å². The van der Waals surface area contributed by atoms with Crippen LogP contribution in [0.5, 0.6) is 11.5 Å². The van der Waals surface area contributed by atoms with Crippen LogP contribution in [0.15, 0.2) is 166 Å². The van der Waals surface area contributed by atoms with Crippen molar-refractivity contribution in [1.29, 1.82) is 0 Å². The Kier molecular flexibility index (Phi) is 6.02. The van der Waals surface area contributed by atoms with Crippen molar-refractivity contribution < 1.29 is 9.15 Å². The number of furan rings is 1. The molecule has 56 heavy (non-hydrogen) atoms. The van der Waals surface area contributed by atoms with E-state index in [2.05, 4.69) is 175 Å². The molecular formula is C50H31BN2O2S. The third kappa shape index (κ3) is 3.96. The fraction of sp³-hybridized carbons (Fsp3) is 0.0400. The molecule has 0 saturated carbocycles. The Labute approximate surface area is 326 Å². The van der Waals surface area contributed by atoms with E-state index in [4.69, 9.17) is 9.15 Å². The van der Waals surface area contributed by atoms with Crippen molar-refractivity contribution in [1.82, 2.24) is 9.13 Å². The Balaban J connectivity index is 1.22. The maximum Gasteiger partial charge on any atom is 0.253 e. The molecule has 0 unspecified atom stereocenters. The van der Waals surface area contributed by atoms with E-state index in [0.717, 1.165) is 72.3 Å². The van der Waals surface area contributed by atoms with Gasteiger partial charge in [0.25, 0.3) is 6.71 Å². The average molecular weight is 735 g/mol. The van der Waals surface area contributed by atoms with E-state index in [-0.39, 0.29) is 6.71 Å². The molecule has 0 amide bonds. The molecule has 0 fully saturated rings. The largest absolute Gasteiger partial charge is 0.458 e. The molecule has 0 saturated heterocycles. The number of benzene rings is 8. The van der Waals surface area contributed by atoms with E-state index >= 15 is 0 Å². The van der Waals surface area contributed by atoms with E-state index in [1.807, 2.05) is 11.8 Å². The number of hydrogen-bond acceptors (Lipinski definition) is 3. The van der Waals surface area contributed by atoms with Gasteiger partial charge >= 0.3 is 0 Å². The number of ether oxygens (including phenoxy) is 1. The fourth-order valence-corrected chi connectivity index (χ4v) is 11.0. The monoisotopic (exact) mass is 734 g/mol. The zero-order valence-electron chi connectivity index (χ0n) is 30.6. The number of hydrogen-bond donors (Lipinski definition) is 0. The molecule has 2 aliphatic rings. The van der Waals surface area contributed by atoms with Gasteiger partial charge in [0, 0.05) is 43.1 Å². The first-order valence-electron chi connectivity index (χ1n) is 19.2. The van der Waals surface area contributed by atoms with Gasteiger partial charge in [-0.25, -0.2) is 0 Å². The summed E-state index contributed by atoms with van der Waals surface area (Å²) in [4.78, 5) is 2.52. The standard InChI is InChI=1S/C50H31BN2O2S/c1-28-20-22-40-35(24-28)51-36-25-29(2)21-23-42(36)56-43-27-31(26-41(54-40)47(43)51)53-37-17-9-6-14-32(37)44-48-45(50-46(49(44)53)34-16-8-11-19-39(34)55-50)33-15-7-10-18-38(33)52(48)30-12-4-3-5-13-30/h3-27H,1-2H3. The molecule has 11 aromatic rings. The molecule has 0 spiro atoms. The van der Waals surface area contributed by atoms with Gasteiger partial charge in [-0.05, 0) is 73.3 Å². The van der Waals surface area contributed by atoms with E-state index in [9.17, 15) is 0 Å². The lowest BCUT2D eigenvalue weighted by Gasteiger charge is -2.33. The van der Waals surface area contributed by atoms with Gasteiger partial charge in [0.15, 0.2) is 0 Å². The zero-order valence-corrected chi connectivity index (χ0v) is 31.4. The van der Waals surface area contributed by atoms with E-state index < -0.39 is 0 Å². The Morgan fingerprint density at radius 1 is 0.500 bits per heavy atom. The van der Waals surface area contributed by atoms with Crippen LogP contribution in [0.3, 0.4) is 0 Å². The highest BCUT2D eigenvalue weighted by Crippen LogP contribution is 2.50. The van der Waals surface area contributed by atoms with Crippen LogP contribution in [-0.2, 0) is 0 Å². The first kappa shape index (κ1) is 30.7. The fourth-order valence-electron chi connectivity index (χ4n) is 9.85. The maximum atomic E-state index is 7.02. The maximum absolute atomic E-state index is 7.02. The average Bonchev–Trinajstić information content (AvgIpc) is 3.89. The molecular weight excluding hydrogens is 703 g/mol. The summed E-state index contributed by atoms with van der Waals surface area (Å²) in [6.45, 7) is 4.46. The smallest absolute Gasteiger partial charge is 0.253 e. The number of aryl methyl sites for hydroxylation is 2. The summed E-state index contributed by atoms with van der Waals surface area (Å²) in [6.07, 6.45) is 0. The van der Waals surface area contributed by atoms with E-state index in [0.29, 0.717) is 0 Å². The van der Waals surface area contributed by atoms with Crippen molar-refractivity contribution in [2.24, 2.45) is 0 Å². The highest BCUT2D eigenvalue weighted by molar-refractivity contribution is 8.00. The second-order valence-electron chi connectivity index (χ2n) is 15.4. The van der Waals surface area contributed by atoms with Crippen molar-refractivity contribution in [2.75, 3.05) is 0 Å². The third-order valence-electron chi connectivity index (χ3n) is 12.1. The normalized spacial score (nSPS) is 13.2. The van der Waals surface area contributed by atoms with Gasteiger partial charge in [-0.2, -0.15) is 0 Å². The summed E-state index contributed by atoms with van der Waals surface area (Å²) in [5.74, 6) is 1.84. The molecule has 6 heteroatoms. The lowest BCUT2D eigenvalue weighted by Crippen LogP contribution is -2.57. The highest BCUT2D eigenvalue weighted by Gasteiger charge is 2.40. The van der Waals surface area contributed by atoms with Crippen LogP contribution in [0.2, 0.25) is 0 Å². The summed E-state index contributed by atoms with van der Waals surface area (Å²) in [7, 11) is 0. The van der Waals surface area contributed by atoms with Crippen LogP contribution in [0, 0.1) is 13.8 Å². The van der Waals surface area contributed by atoms with Gasteiger partial charge in [0.05, 0.1) is 38.5 Å². The quantitative estimate of drug-likeness (QED) is 0.166. The van der Waals surface area contributed by atoms with Gasteiger partial charge in [-0.1, -0.05) is 125 Å². The minimum absolute atomic E-state index is 0.0951. The molecule has 8 aromatic carbocycles. The van der Waals surface area contributed by atoms with Crippen LogP contribution in [0.4, 0.5) is 0 Å². The van der Waals surface area contributed by atoms with Crippen LogP contribution in [0.1, 0.15) is 11.1 Å². The predicted octanol–water partition coefficient (Wildman–Crippen LogP) is 11.5. The van der Waals surface area contributed by atoms with Crippen molar-refractivity contribution in [3.05, 3.63) is 163 Å². The first-order chi connectivity index (χ1) is 27.6. The Morgan fingerprint density at radius 3 is 1.91 bits per heavy atom. The van der Waals surface area contributed by atoms with Crippen molar-refractivity contribution in [3.63, 3.8) is 0 Å². The summed E-state index contributed by atoms with van der Waals surface area (Å²) >= 11 is 1.86. The Hall–Kier alpha value is -6.63. The van der Waals surface area contributed by atoms with Crippen molar-refractivity contribution in [2.45, 2.75) is 23.6 Å². The molecule has 0 aliphatic carbocycles. The van der Waals surface area contributed by atoms with Gasteiger partial charge in [-0.3, -0.25) is 0 Å². The second-order valence-corrected chi connectivity index (χ2v) is 16.4. The second kappa shape index (κ2) is 11.0. The molecule has 0 radical (unpaired) electrons. The lowest BCUT2D eigenvalue weighted by molar-refractivity contribution is 0.486. The third-order valence-corrected chi connectivity index (χ3v) is 13.2. The lowest BCUT2D eigenvalue weighted by atomic mass is 9.35. The number of aromatic nitrogens is 2. The van der Waals surface area contributed by atoms with Gasteiger partial charge in [-0.15, -0.1) is 0 Å². The highest BCUT2D eigenvalue weighted by atomic mass is 32.2. The summed E-state index contributed by atoms with van der Waals surface area (Å²) in [5.41, 5.74) is 14.9. The van der Waals surface area contributed by atoms with Crippen molar-refractivity contribution >= 4 is 100 Å². The minimum atomic E-state index is 0.0951. The number of fused-ring (bicyclic) bond motifs is 16. The number of para-hydroxylation sites is 4. The van der Waals surface area contributed by atoms with Crippen LogP contribution in [-0.4, -0.2) is 15.8 Å². The predicted molar refractivity (Wildman–Crippen MR) is 234 cm³/mol. The molecule has 0 atom stereocenters. The summed E-state index contributed by atoms with van der Waals surface area (Å²) in [6, 6.07) is 55.1. The Bertz CT molecular complexity index is 3440. The van der Waals surface area contributed by atoms with E-state index in [1.165, 1.54) is 53.5 Å². The number of nitrogens with zero attached hydrogens (tertiary/aromatic N) is 2. The Morgan fingerprint density at radius 2 is 1.12 bits per heavy atom. The van der Waals surface area contributed by atoms with Crippen molar-refractivity contribution in [3.8, 4) is 22.9 Å². The minimum Gasteiger partial charge on any atom is -0.458 e. The molecule has 13 rings (SSSR count). The molecule has 2 aliphatic heterocycles. The molecule has 3 aromatic heterocycles. The molecule has 0 bridgehead atoms. The van der Waals surface area contributed by atoms with E-state index in [1.54, 1.807) is 0 Å². The molecule has 5 heterocycles. The van der Waals surface area contributed by atoms with Crippen LogP contribution in [0.25, 0.3) is 76.9 Å². The number of rotatable bonds is 2. The summed E-state index contributed by atoms with van der Waals surface area (Å²) in [5, 5.41) is 6.93. The van der Waals surface area contributed by atoms with Crippen LogP contribution < -0.4 is 21.1 Å². The molecule has 0 N–H and O–H groups in total. The zero-order chi connectivity index (χ0) is 36.8. The topological polar surface area (TPSA) is 32.2 Å². The van der Waals surface area contributed by atoms with Crippen LogP contribution >= 0.6 is 11.8 Å². The molecule has 262 valence electrons.